The molecule has 0 N–H and O–H groups in total. The third kappa shape index (κ3) is 5.43. The maximum Gasteiger partial charge on any atom is 0.196 e. The van der Waals surface area contributed by atoms with Crippen molar-refractivity contribution in [3.63, 3.8) is 0 Å². The first kappa shape index (κ1) is 12.1. The summed E-state index contributed by atoms with van der Waals surface area (Å²) in [5.74, 6) is 0.806. The van der Waals surface area contributed by atoms with Crippen LogP contribution in [-0.2, 0) is 4.74 Å². The van der Waals surface area contributed by atoms with Gasteiger partial charge in [-0.2, -0.15) is 0 Å². The van der Waals surface area contributed by atoms with Crippen LogP contribution in [-0.4, -0.2) is 12.9 Å². The first-order valence-electron chi connectivity index (χ1n) is 5.57. The highest BCUT2D eigenvalue weighted by atomic mass is 16.7. The smallest absolute Gasteiger partial charge is 0.196 e. The Morgan fingerprint density at radius 2 is 2.27 bits per heavy atom. The minimum Gasteiger partial charge on any atom is -0.465 e. The van der Waals surface area contributed by atoms with Gasteiger partial charge in [0, 0.05) is 0 Å². The summed E-state index contributed by atoms with van der Waals surface area (Å²) in [6, 6.07) is 10.4. The van der Waals surface area contributed by atoms with Crippen LogP contribution in [0.3, 0.4) is 0 Å². The highest BCUT2D eigenvalue weighted by Gasteiger charge is 2.02. The average Bonchev–Trinajstić information content (AvgIpc) is 2.26. The second-order valence-corrected chi connectivity index (χ2v) is 3.50. The Hall–Kier alpha value is -1.02. The molecule has 1 atom stereocenters. The molecule has 0 saturated heterocycles. The maximum atomic E-state index is 5.54. The number of hydrogen-bond donors (Lipinski definition) is 0. The quantitative estimate of drug-likeness (QED) is 0.504. The van der Waals surface area contributed by atoms with E-state index >= 15 is 0 Å². The zero-order chi connectivity index (χ0) is 10.9. The summed E-state index contributed by atoms with van der Waals surface area (Å²) in [7, 11) is 0. The molecular weight excluding hydrogens is 188 g/mol. The fraction of sp³-hybridized carbons (Fsp3) is 0.538. The van der Waals surface area contributed by atoms with Crippen LogP contribution in [0.25, 0.3) is 0 Å². The molecule has 0 saturated carbocycles. The molecule has 0 fully saturated rings. The van der Waals surface area contributed by atoms with E-state index in [1.54, 1.807) is 0 Å². The van der Waals surface area contributed by atoms with Gasteiger partial charge in [-0.1, -0.05) is 31.9 Å². The Bertz CT molecular complexity index is 246. The summed E-state index contributed by atoms with van der Waals surface area (Å²) in [6.07, 6.45) is 3.35. The number of rotatable bonds is 7. The molecule has 0 spiro atoms. The molecule has 2 nitrogen and oxygen atoms in total. The predicted octanol–water partition coefficient (Wildman–Crippen LogP) is 3.42. The molecule has 0 aromatic heterocycles. The van der Waals surface area contributed by atoms with Crippen LogP contribution >= 0.6 is 0 Å². The highest BCUT2D eigenvalue weighted by molar-refractivity contribution is 5.20. The molecule has 83 valence electrons. The van der Waals surface area contributed by atoms with Gasteiger partial charge >= 0.3 is 0 Å². The number of ether oxygens (including phenoxy) is 2. The molecule has 2 heteroatoms. The van der Waals surface area contributed by atoms with E-state index in [2.05, 4.69) is 13.0 Å². The van der Waals surface area contributed by atoms with E-state index in [1.807, 2.05) is 31.2 Å². The van der Waals surface area contributed by atoms with E-state index < -0.39 is 0 Å². The Kier molecular flexibility index (Phi) is 5.86. The number of benzene rings is 1. The fourth-order valence-electron chi connectivity index (χ4n) is 1.28. The first-order valence-corrected chi connectivity index (χ1v) is 5.57. The molecule has 1 radical (unpaired) electrons. The lowest BCUT2D eigenvalue weighted by Gasteiger charge is -2.15. The van der Waals surface area contributed by atoms with Gasteiger partial charge in [0.1, 0.15) is 5.75 Å². The lowest BCUT2D eigenvalue weighted by atomic mass is 10.3. The van der Waals surface area contributed by atoms with Crippen molar-refractivity contribution >= 4 is 0 Å². The van der Waals surface area contributed by atoms with Gasteiger partial charge in [0.05, 0.1) is 6.61 Å². The van der Waals surface area contributed by atoms with Gasteiger partial charge in [-0.25, -0.2) is 0 Å². The Morgan fingerprint density at radius 1 is 1.40 bits per heavy atom. The predicted molar refractivity (Wildman–Crippen MR) is 60.8 cm³/mol. The van der Waals surface area contributed by atoms with E-state index in [1.165, 1.54) is 12.8 Å². The SMILES string of the molecule is CCCCCOC(C)Oc1c[c]ccc1. The van der Waals surface area contributed by atoms with Crippen molar-refractivity contribution in [3.05, 3.63) is 30.3 Å². The number of unbranched alkanes of at least 4 members (excludes halogenated alkanes) is 2. The summed E-state index contributed by atoms with van der Waals surface area (Å²) >= 11 is 0. The summed E-state index contributed by atoms with van der Waals surface area (Å²) in [5.41, 5.74) is 0. The van der Waals surface area contributed by atoms with Crippen LogP contribution in [0.2, 0.25) is 0 Å². The van der Waals surface area contributed by atoms with E-state index in [0.29, 0.717) is 0 Å². The third-order valence-corrected chi connectivity index (χ3v) is 2.08. The minimum atomic E-state index is -0.183. The van der Waals surface area contributed by atoms with Crippen LogP contribution < -0.4 is 4.74 Å². The molecule has 0 aliphatic carbocycles. The molecule has 0 aliphatic rings. The Balaban J connectivity index is 2.16. The molecule has 1 rings (SSSR count). The average molecular weight is 207 g/mol. The Morgan fingerprint density at radius 3 is 2.93 bits per heavy atom. The van der Waals surface area contributed by atoms with Gasteiger partial charge in [0.25, 0.3) is 0 Å². The van der Waals surface area contributed by atoms with Gasteiger partial charge in [-0.05, 0) is 31.5 Å². The van der Waals surface area contributed by atoms with Crippen LogP contribution in [0.1, 0.15) is 33.1 Å². The number of hydrogen-bond acceptors (Lipinski definition) is 2. The van der Waals surface area contributed by atoms with Gasteiger partial charge < -0.3 is 9.47 Å². The molecule has 0 bridgehead atoms. The zero-order valence-corrected chi connectivity index (χ0v) is 9.53. The summed E-state index contributed by atoms with van der Waals surface area (Å²) < 4.78 is 11.1. The van der Waals surface area contributed by atoms with E-state index in [0.717, 1.165) is 18.8 Å². The third-order valence-electron chi connectivity index (χ3n) is 2.08. The second kappa shape index (κ2) is 7.30. The van der Waals surface area contributed by atoms with Crippen molar-refractivity contribution in [3.8, 4) is 5.75 Å². The fourth-order valence-corrected chi connectivity index (χ4v) is 1.28. The standard InChI is InChI=1S/C13H19O2/c1-3-4-8-11-14-12(2)15-13-9-6-5-7-10-13/h5-6,9-10,12H,3-4,8,11H2,1-2H3. The van der Waals surface area contributed by atoms with Crippen molar-refractivity contribution < 1.29 is 9.47 Å². The van der Waals surface area contributed by atoms with Gasteiger partial charge in [0.15, 0.2) is 6.29 Å². The van der Waals surface area contributed by atoms with E-state index in [-0.39, 0.29) is 6.29 Å². The topological polar surface area (TPSA) is 18.5 Å². The molecule has 1 aromatic rings. The molecule has 0 amide bonds. The van der Waals surface area contributed by atoms with Crippen molar-refractivity contribution in [1.82, 2.24) is 0 Å². The normalized spacial score (nSPS) is 12.4. The van der Waals surface area contributed by atoms with E-state index in [4.69, 9.17) is 9.47 Å². The maximum absolute atomic E-state index is 5.54. The van der Waals surface area contributed by atoms with Crippen molar-refractivity contribution in [2.24, 2.45) is 0 Å². The molecule has 0 aliphatic heterocycles. The van der Waals surface area contributed by atoms with Crippen molar-refractivity contribution in [2.45, 2.75) is 39.4 Å². The van der Waals surface area contributed by atoms with Gasteiger partial charge in [0.2, 0.25) is 0 Å². The summed E-state index contributed by atoms with van der Waals surface area (Å²) in [4.78, 5) is 0. The highest BCUT2D eigenvalue weighted by Crippen LogP contribution is 2.11. The Labute approximate surface area is 92.2 Å². The van der Waals surface area contributed by atoms with Gasteiger partial charge in [-0.3, -0.25) is 0 Å². The van der Waals surface area contributed by atoms with Gasteiger partial charge in [-0.15, -0.1) is 0 Å². The van der Waals surface area contributed by atoms with Crippen LogP contribution in [0, 0.1) is 6.07 Å². The minimum absolute atomic E-state index is 0.183. The van der Waals surface area contributed by atoms with E-state index in [9.17, 15) is 0 Å². The largest absolute Gasteiger partial charge is 0.465 e. The lowest BCUT2D eigenvalue weighted by Crippen LogP contribution is -2.16. The van der Waals surface area contributed by atoms with Crippen molar-refractivity contribution in [2.75, 3.05) is 6.61 Å². The van der Waals surface area contributed by atoms with Crippen LogP contribution in [0.4, 0.5) is 0 Å². The zero-order valence-electron chi connectivity index (χ0n) is 9.53. The molecular formula is C13H19O2. The first-order chi connectivity index (χ1) is 7.33. The van der Waals surface area contributed by atoms with Crippen LogP contribution in [0.5, 0.6) is 5.75 Å². The molecule has 1 aromatic carbocycles. The summed E-state index contributed by atoms with van der Waals surface area (Å²) in [6.45, 7) is 4.87. The molecule has 1 unspecified atom stereocenters. The lowest BCUT2D eigenvalue weighted by molar-refractivity contribution is -0.0676. The summed E-state index contributed by atoms with van der Waals surface area (Å²) in [5, 5.41) is 0. The second-order valence-electron chi connectivity index (χ2n) is 3.50. The monoisotopic (exact) mass is 207 g/mol. The molecule has 15 heavy (non-hydrogen) atoms. The van der Waals surface area contributed by atoms with Crippen LogP contribution in [0.15, 0.2) is 24.3 Å². The van der Waals surface area contributed by atoms with Crippen molar-refractivity contribution in [1.29, 1.82) is 0 Å². The molecule has 0 heterocycles.